The van der Waals surface area contributed by atoms with E-state index < -0.39 is 10.0 Å². The maximum Gasteiger partial charge on any atom is 0.251 e. The molecule has 0 saturated carbocycles. The third-order valence-corrected chi connectivity index (χ3v) is 6.32. The lowest BCUT2D eigenvalue weighted by Gasteiger charge is -2.22. The zero-order valence-electron chi connectivity index (χ0n) is 18.1. The first-order valence-electron chi connectivity index (χ1n) is 10.3. The first-order chi connectivity index (χ1) is 14.8. The summed E-state index contributed by atoms with van der Waals surface area (Å²) in [5.41, 5.74) is 4.20. The number of hydrogen-bond donors (Lipinski definition) is 1. The lowest BCUT2D eigenvalue weighted by atomic mass is 10.0. The Morgan fingerprint density at radius 1 is 0.935 bits per heavy atom. The maximum atomic E-state index is 12.8. The summed E-state index contributed by atoms with van der Waals surface area (Å²) in [6.07, 6.45) is 1.98. The lowest BCUT2D eigenvalue weighted by Crippen LogP contribution is -2.29. The van der Waals surface area contributed by atoms with Crippen molar-refractivity contribution in [3.63, 3.8) is 0 Å². The molecule has 5 nitrogen and oxygen atoms in total. The van der Waals surface area contributed by atoms with E-state index in [0.717, 1.165) is 17.5 Å². The third kappa shape index (κ3) is 5.95. The van der Waals surface area contributed by atoms with E-state index >= 15 is 0 Å². The van der Waals surface area contributed by atoms with Crippen molar-refractivity contribution in [1.29, 1.82) is 0 Å². The van der Waals surface area contributed by atoms with Gasteiger partial charge in [0.05, 0.1) is 24.5 Å². The van der Waals surface area contributed by atoms with Gasteiger partial charge < -0.3 is 5.32 Å². The molecular formula is C25H28N2O3S. The van der Waals surface area contributed by atoms with Gasteiger partial charge in [-0.2, -0.15) is 0 Å². The van der Waals surface area contributed by atoms with Crippen molar-refractivity contribution in [3.05, 3.63) is 101 Å². The van der Waals surface area contributed by atoms with Gasteiger partial charge in [0.15, 0.2) is 0 Å². The fraction of sp³-hybridized carbons (Fsp3) is 0.240. The molecule has 6 heteroatoms. The molecule has 0 heterocycles. The standard InChI is InChI=1S/C25H28N2O3S/c1-4-24(21-14-10-19(2)11-15-21)26-25(28)22-16-12-20(13-17-22)18-27(31(3,29)30)23-8-6-5-7-9-23/h5-17,24H,4,18H2,1-3H3,(H,26,28)/t24-/m1/s1. The number of nitrogens with zero attached hydrogens (tertiary/aromatic N) is 1. The zero-order valence-corrected chi connectivity index (χ0v) is 18.9. The maximum absolute atomic E-state index is 12.8. The molecule has 0 saturated heterocycles. The van der Waals surface area contributed by atoms with Gasteiger partial charge in [-0.25, -0.2) is 8.42 Å². The van der Waals surface area contributed by atoms with E-state index in [1.54, 1.807) is 48.5 Å². The second-order valence-electron chi connectivity index (χ2n) is 7.65. The van der Waals surface area contributed by atoms with Crippen LogP contribution in [0.15, 0.2) is 78.9 Å². The van der Waals surface area contributed by atoms with Crippen molar-refractivity contribution < 1.29 is 13.2 Å². The number of rotatable bonds is 8. The molecule has 0 aromatic heterocycles. The predicted octanol–water partition coefficient (Wildman–Crippen LogP) is 4.84. The minimum absolute atomic E-state index is 0.0633. The monoisotopic (exact) mass is 436 g/mol. The topological polar surface area (TPSA) is 66.5 Å². The molecule has 0 aliphatic heterocycles. The molecule has 1 atom stereocenters. The normalized spacial score (nSPS) is 12.2. The molecule has 0 radical (unpaired) electrons. The summed E-state index contributed by atoms with van der Waals surface area (Å²) in [6, 6.07) is 24.1. The zero-order chi connectivity index (χ0) is 22.4. The first kappa shape index (κ1) is 22.6. The third-order valence-electron chi connectivity index (χ3n) is 5.18. The van der Waals surface area contributed by atoms with Crippen molar-refractivity contribution in [2.24, 2.45) is 0 Å². The summed E-state index contributed by atoms with van der Waals surface area (Å²) < 4.78 is 25.9. The number of hydrogen-bond acceptors (Lipinski definition) is 3. The molecule has 0 spiro atoms. The SMILES string of the molecule is CC[C@@H](NC(=O)c1ccc(CN(c2ccccc2)S(C)(=O)=O)cc1)c1ccc(C)cc1. The number of amides is 1. The van der Waals surface area contributed by atoms with Crippen LogP contribution in [0.5, 0.6) is 0 Å². The molecule has 0 fully saturated rings. The Hall–Kier alpha value is -3.12. The van der Waals surface area contributed by atoms with Crippen molar-refractivity contribution in [1.82, 2.24) is 5.32 Å². The van der Waals surface area contributed by atoms with Crippen molar-refractivity contribution in [2.45, 2.75) is 32.9 Å². The molecule has 0 aliphatic carbocycles. The Bertz CT molecular complexity index is 1110. The van der Waals surface area contributed by atoms with Gasteiger partial charge in [0.2, 0.25) is 10.0 Å². The van der Waals surface area contributed by atoms with E-state index in [-0.39, 0.29) is 18.5 Å². The van der Waals surface area contributed by atoms with Crippen molar-refractivity contribution in [3.8, 4) is 0 Å². The second-order valence-corrected chi connectivity index (χ2v) is 9.55. The number of aryl methyl sites for hydroxylation is 1. The van der Waals surface area contributed by atoms with Crippen LogP contribution < -0.4 is 9.62 Å². The highest BCUT2D eigenvalue weighted by Gasteiger charge is 2.18. The molecule has 0 aliphatic rings. The van der Waals surface area contributed by atoms with Crippen LogP contribution in [-0.2, 0) is 16.6 Å². The molecule has 1 N–H and O–H groups in total. The smallest absolute Gasteiger partial charge is 0.251 e. The number of benzene rings is 3. The van der Waals surface area contributed by atoms with Gasteiger partial charge in [-0.15, -0.1) is 0 Å². The van der Waals surface area contributed by atoms with Crippen LogP contribution in [0.3, 0.4) is 0 Å². The average Bonchev–Trinajstić information content (AvgIpc) is 2.76. The van der Waals surface area contributed by atoms with Crippen LogP contribution in [0.4, 0.5) is 5.69 Å². The molecule has 3 aromatic rings. The summed E-state index contributed by atoms with van der Waals surface area (Å²) >= 11 is 0. The van der Waals surface area contributed by atoms with Gasteiger partial charge in [-0.05, 0) is 48.7 Å². The van der Waals surface area contributed by atoms with Gasteiger partial charge in [0.25, 0.3) is 5.91 Å². The highest BCUT2D eigenvalue weighted by atomic mass is 32.2. The number of nitrogens with one attached hydrogen (secondary N) is 1. The van der Waals surface area contributed by atoms with Gasteiger partial charge >= 0.3 is 0 Å². The van der Waals surface area contributed by atoms with E-state index in [1.807, 2.05) is 44.2 Å². The van der Waals surface area contributed by atoms with Crippen LogP contribution in [0.1, 0.15) is 46.4 Å². The van der Waals surface area contributed by atoms with Gasteiger partial charge in [0.1, 0.15) is 0 Å². The summed E-state index contributed by atoms with van der Waals surface area (Å²) in [5, 5.41) is 3.08. The molecule has 3 rings (SSSR count). The average molecular weight is 437 g/mol. The molecular weight excluding hydrogens is 408 g/mol. The minimum Gasteiger partial charge on any atom is -0.345 e. The molecule has 3 aromatic carbocycles. The second kappa shape index (κ2) is 9.79. The number of carbonyl (C=O) groups excluding carboxylic acids is 1. The van der Waals surface area contributed by atoms with Crippen molar-refractivity contribution >= 4 is 21.6 Å². The fourth-order valence-corrected chi connectivity index (χ4v) is 4.27. The van der Waals surface area contributed by atoms with Crippen LogP contribution in [-0.4, -0.2) is 20.6 Å². The Morgan fingerprint density at radius 3 is 2.10 bits per heavy atom. The van der Waals surface area contributed by atoms with Crippen molar-refractivity contribution in [2.75, 3.05) is 10.6 Å². The first-order valence-corrected chi connectivity index (χ1v) is 12.1. The summed E-state index contributed by atoms with van der Waals surface area (Å²) in [7, 11) is -3.44. The number of anilines is 1. The quantitative estimate of drug-likeness (QED) is 0.549. The summed E-state index contributed by atoms with van der Waals surface area (Å²) in [5.74, 6) is -0.151. The number of para-hydroxylation sites is 1. The Balaban J connectivity index is 1.72. The van der Waals surface area contributed by atoms with Crippen LogP contribution in [0.2, 0.25) is 0 Å². The highest BCUT2D eigenvalue weighted by molar-refractivity contribution is 7.92. The van der Waals surface area contributed by atoms with E-state index in [2.05, 4.69) is 5.32 Å². The highest BCUT2D eigenvalue weighted by Crippen LogP contribution is 2.21. The van der Waals surface area contributed by atoms with E-state index in [1.165, 1.54) is 16.1 Å². The van der Waals surface area contributed by atoms with Crippen LogP contribution in [0.25, 0.3) is 0 Å². The van der Waals surface area contributed by atoms with E-state index in [4.69, 9.17) is 0 Å². The van der Waals surface area contributed by atoms with Crippen LogP contribution in [0, 0.1) is 6.92 Å². The Morgan fingerprint density at radius 2 is 1.55 bits per heavy atom. The molecule has 0 unspecified atom stereocenters. The van der Waals surface area contributed by atoms with Crippen LogP contribution >= 0.6 is 0 Å². The number of carbonyl (C=O) groups is 1. The van der Waals surface area contributed by atoms with Gasteiger partial charge in [0, 0.05) is 5.56 Å². The molecule has 31 heavy (non-hydrogen) atoms. The summed E-state index contributed by atoms with van der Waals surface area (Å²) in [6.45, 7) is 4.27. The van der Waals surface area contributed by atoms with E-state index in [0.29, 0.717) is 11.3 Å². The predicted molar refractivity (Wildman–Crippen MR) is 126 cm³/mol. The van der Waals surface area contributed by atoms with E-state index in [9.17, 15) is 13.2 Å². The Labute approximate surface area is 184 Å². The van der Waals surface area contributed by atoms with Gasteiger partial charge in [-0.3, -0.25) is 9.10 Å². The minimum atomic E-state index is -3.44. The lowest BCUT2D eigenvalue weighted by molar-refractivity contribution is 0.0935. The molecule has 0 bridgehead atoms. The molecule has 1 amide bonds. The molecule has 162 valence electrons. The summed E-state index contributed by atoms with van der Waals surface area (Å²) in [4.78, 5) is 12.8. The fourth-order valence-electron chi connectivity index (χ4n) is 3.38. The van der Waals surface area contributed by atoms with Gasteiger partial charge in [-0.1, -0.05) is 67.1 Å². The Kier molecular flexibility index (Phi) is 7.13. The number of sulfonamides is 1. The largest absolute Gasteiger partial charge is 0.345 e.